The zero-order valence-electron chi connectivity index (χ0n) is 16.1. The number of thioether (sulfide) groups is 1. The third-order valence-corrected chi connectivity index (χ3v) is 8.31. The van der Waals surface area contributed by atoms with Gasteiger partial charge in [-0.3, -0.25) is 4.79 Å². The minimum Gasteiger partial charge on any atom is -0.349 e. The summed E-state index contributed by atoms with van der Waals surface area (Å²) in [6.45, 7) is 8.17. The molecule has 0 radical (unpaired) electrons. The van der Waals surface area contributed by atoms with Gasteiger partial charge in [0, 0.05) is 16.2 Å². The smallest absolute Gasteiger partial charge is 0.233 e. The van der Waals surface area contributed by atoms with Crippen molar-refractivity contribution in [3.8, 4) is 0 Å². The number of benzene rings is 1. The van der Waals surface area contributed by atoms with Gasteiger partial charge in [0.2, 0.25) is 5.91 Å². The number of sulfone groups is 1. The third kappa shape index (κ3) is 6.05. The van der Waals surface area contributed by atoms with Crippen molar-refractivity contribution in [3.05, 3.63) is 40.3 Å². The first-order valence-electron chi connectivity index (χ1n) is 8.95. The Morgan fingerprint density at radius 2 is 1.96 bits per heavy atom. The van der Waals surface area contributed by atoms with Crippen LogP contribution in [0.5, 0.6) is 0 Å². The summed E-state index contributed by atoms with van der Waals surface area (Å²) in [5, 5.41) is 5.49. The van der Waals surface area contributed by atoms with Gasteiger partial charge in [-0.05, 0) is 25.5 Å². The average Bonchev–Trinajstić information content (AvgIpc) is 3.09. The molecule has 0 fully saturated rings. The van der Waals surface area contributed by atoms with E-state index in [9.17, 15) is 13.2 Å². The van der Waals surface area contributed by atoms with Crippen LogP contribution in [-0.2, 0) is 21.2 Å². The highest BCUT2D eigenvalue weighted by Gasteiger charge is 2.21. The Kier molecular flexibility index (Phi) is 7.88. The molecule has 27 heavy (non-hydrogen) atoms. The van der Waals surface area contributed by atoms with E-state index in [0.717, 1.165) is 10.7 Å². The minimum atomic E-state index is -3.33. The van der Waals surface area contributed by atoms with Crippen LogP contribution in [0.3, 0.4) is 0 Å². The topological polar surface area (TPSA) is 76.1 Å². The SMILES string of the molecule is CCCS(=O)(=O)c1ccccc1SC(C)C(=O)NCc1csc(C(C)C)n1. The maximum Gasteiger partial charge on any atom is 0.233 e. The molecule has 2 rings (SSSR count). The van der Waals surface area contributed by atoms with Crippen molar-refractivity contribution in [1.82, 2.24) is 10.3 Å². The largest absolute Gasteiger partial charge is 0.349 e. The maximum absolute atomic E-state index is 12.5. The van der Waals surface area contributed by atoms with Gasteiger partial charge in [0.05, 0.1) is 33.1 Å². The molecule has 8 heteroatoms. The number of hydrogen-bond donors (Lipinski definition) is 1. The zero-order chi connectivity index (χ0) is 20.0. The Hall–Kier alpha value is -1.38. The first-order valence-corrected chi connectivity index (χ1v) is 12.4. The fourth-order valence-corrected chi connectivity index (χ4v) is 6.11. The van der Waals surface area contributed by atoms with Crippen LogP contribution < -0.4 is 5.32 Å². The molecule has 0 aliphatic rings. The van der Waals surface area contributed by atoms with Gasteiger partial charge >= 0.3 is 0 Å². The van der Waals surface area contributed by atoms with E-state index in [0.29, 0.717) is 28.7 Å². The fourth-order valence-electron chi connectivity index (χ4n) is 2.42. The van der Waals surface area contributed by atoms with Crippen molar-refractivity contribution in [2.75, 3.05) is 5.75 Å². The molecule has 1 aromatic carbocycles. The number of carbonyl (C=O) groups is 1. The second kappa shape index (κ2) is 9.71. The molecular formula is C19H26N2O3S3. The fraction of sp³-hybridized carbons (Fsp3) is 0.474. The number of aromatic nitrogens is 1. The second-order valence-corrected chi connectivity index (χ2v) is 10.9. The van der Waals surface area contributed by atoms with Crippen molar-refractivity contribution < 1.29 is 13.2 Å². The van der Waals surface area contributed by atoms with Crippen LogP contribution in [0.4, 0.5) is 0 Å². The molecule has 0 aliphatic heterocycles. The summed E-state index contributed by atoms with van der Waals surface area (Å²) < 4.78 is 24.9. The monoisotopic (exact) mass is 426 g/mol. The zero-order valence-corrected chi connectivity index (χ0v) is 18.5. The highest BCUT2D eigenvalue weighted by Crippen LogP contribution is 2.30. The van der Waals surface area contributed by atoms with E-state index in [4.69, 9.17) is 0 Å². The van der Waals surface area contributed by atoms with Crippen LogP contribution in [0.25, 0.3) is 0 Å². The van der Waals surface area contributed by atoms with Gasteiger partial charge in [0.1, 0.15) is 0 Å². The summed E-state index contributed by atoms with van der Waals surface area (Å²) in [6.07, 6.45) is 0.559. The summed E-state index contributed by atoms with van der Waals surface area (Å²) in [6, 6.07) is 6.87. The van der Waals surface area contributed by atoms with Crippen molar-refractivity contribution in [1.29, 1.82) is 0 Å². The molecule has 1 heterocycles. The number of rotatable bonds is 9. The van der Waals surface area contributed by atoms with Gasteiger partial charge in [-0.2, -0.15) is 0 Å². The van der Waals surface area contributed by atoms with Crippen LogP contribution in [-0.4, -0.2) is 30.3 Å². The standard InChI is InChI=1S/C19H26N2O3S3/c1-5-10-27(23,24)17-9-7-6-8-16(17)26-14(4)18(22)20-11-15-12-25-19(21-15)13(2)3/h6-9,12-14H,5,10-11H2,1-4H3,(H,20,22). The van der Waals surface area contributed by atoms with E-state index >= 15 is 0 Å². The van der Waals surface area contributed by atoms with Crippen molar-refractivity contribution in [2.24, 2.45) is 0 Å². The van der Waals surface area contributed by atoms with Crippen LogP contribution in [0.2, 0.25) is 0 Å². The third-order valence-electron chi connectivity index (χ3n) is 3.84. The predicted molar refractivity (Wildman–Crippen MR) is 112 cm³/mol. The molecule has 1 unspecified atom stereocenters. The van der Waals surface area contributed by atoms with Gasteiger partial charge < -0.3 is 5.32 Å². The van der Waals surface area contributed by atoms with E-state index < -0.39 is 15.1 Å². The number of amides is 1. The van der Waals surface area contributed by atoms with Gasteiger partial charge in [-0.1, -0.05) is 32.9 Å². The number of hydrogen-bond acceptors (Lipinski definition) is 6. The van der Waals surface area contributed by atoms with Gasteiger partial charge in [-0.15, -0.1) is 23.1 Å². The van der Waals surface area contributed by atoms with Crippen LogP contribution in [0, 0.1) is 0 Å². The first kappa shape index (κ1) is 21.9. The summed E-state index contributed by atoms with van der Waals surface area (Å²) in [7, 11) is -3.33. The molecule has 0 saturated carbocycles. The average molecular weight is 427 g/mol. The molecule has 1 amide bonds. The van der Waals surface area contributed by atoms with Crippen molar-refractivity contribution in [3.63, 3.8) is 0 Å². The van der Waals surface area contributed by atoms with Crippen LogP contribution in [0.1, 0.15) is 50.7 Å². The normalized spacial score (nSPS) is 12.9. The summed E-state index contributed by atoms with van der Waals surface area (Å²) >= 11 is 2.86. The Bertz CT molecular complexity index is 876. The molecular weight excluding hydrogens is 400 g/mol. The Balaban J connectivity index is 2.02. The summed E-state index contributed by atoms with van der Waals surface area (Å²) in [5.41, 5.74) is 0.847. The van der Waals surface area contributed by atoms with E-state index in [1.165, 1.54) is 11.8 Å². The number of nitrogens with zero attached hydrogens (tertiary/aromatic N) is 1. The number of nitrogens with one attached hydrogen (secondary N) is 1. The lowest BCUT2D eigenvalue weighted by molar-refractivity contribution is -0.120. The first-order chi connectivity index (χ1) is 12.7. The van der Waals surface area contributed by atoms with E-state index in [2.05, 4.69) is 24.1 Å². The molecule has 1 N–H and O–H groups in total. The molecule has 0 saturated heterocycles. The van der Waals surface area contributed by atoms with Crippen molar-refractivity contribution >= 4 is 38.8 Å². The highest BCUT2D eigenvalue weighted by atomic mass is 32.2. The number of thiazole rings is 1. The summed E-state index contributed by atoms with van der Waals surface area (Å²) in [5.74, 6) is 0.338. The quantitative estimate of drug-likeness (QED) is 0.607. The lowest BCUT2D eigenvalue weighted by atomic mass is 10.2. The van der Waals surface area contributed by atoms with E-state index in [-0.39, 0.29) is 11.7 Å². The highest BCUT2D eigenvalue weighted by molar-refractivity contribution is 8.01. The van der Waals surface area contributed by atoms with E-state index in [1.54, 1.807) is 42.5 Å². The van der Waals surface area contributed by atoms with Crippen LogP contribution in [0.15, 0.2) is 39.4 Å². The minimum absolute atomic E-state index is 0.104. The lowest BCUT2D eigenvalue weighted by Gasteiger charge is -2.14. The Morgan fingerprint density at radius 1 is 1.26 bits per heavy atom. The molecule has 0 spiro atoms. The molecule has 2 aromatic rings. The molecule has 148 valence electrons. The van der Waals surface area contributed by atoms with E-state index in [1.807, 2.05) is 12.3 Å². The van der Waals surface area contributed by atoms with Gasteiger partial charge in [0.25, 0.3) is 0 Å². The predicted octanol–water partition coefficient (Wildman–Crippen LogP) is 4.25. The van der Waals surface area contributed by atoms with Gasteiger partial charge in [0.15, 0.2) is 9.84 Å². The molecule has 0 aliphatic carbocycles. The molecule has 0 bridgehead atoms. The maximum atomic E-state index is 12.5. The Morgan fingerprint density at radius 3 is 2.59 bits per heavy atom. The van der Waals surface area contributed by atoms with Crippen molar-refractivity contribution in [2.45, 2.75) is 61.6 Å². The second-order valence-electron chi connectivity index (χ2n) is 6.58. The Labute approximate surface area is 169 Å². The molecule has 1 atom stereocenters. The lowest BCUT2D eigenvalue weighted by Crippen LogP contribution is -2.30. The molecule has 5 nitrogen and oxygen atoms in total. The van der Waals surface area contributed by atoms with Crippen LogP contribution >= 0.6 is 23.1 Å². The van der Waals surface area contributed by atoms with Gasteiger partial charge in [-0.25, -0.2) is 13.4 Å². The summed E-state index contributed by atoms with van der Waals surface area (Å²) in [4.78, 5) is 17.9. The number of carbonyl (C=O) groups excluding carboxylic acids is 1. The molecule has 1 aromatic heterocycles.